The number of aromatic nitrogens is 5. The van der Waals surface area contributed by atoms with Crippen molar-refractivity contribution < 1.29 is 42.9 Å². The van der Waals surface area contributed by atoms with Crippen LogP contribution in [0.2, 0.25) is 0 Å². The summed E-state index contributed by atoms with van der Waals surface area (Å²) < 4.78 is 30.3. The molecule has 0 saturated carbocycles. The highest BCUT2D eigenvalue weighted by molar-refractivity contribution is 5.68. The van der Waals surface area contributed by atoms with E-state index in [1.165, 1.54) is 18.5 Å². The van der Waals surface area contributed by atoms with Gasteiger partial charge in [0.2, 0.25) is 0 Å². The number of hydrogen-bond donors (Lipinski definition) is 0. The van der Waals surface area contributed by atoms with E-state index in [0.717, 1.165) is 13.8 Å². The zero-order valence-electron chi connectivity index (χ0n) is 19.0. The second-order valence-corrected chi connectivity index (χ2v) is 7.51. The number of rotatable bonds is 8. The Labute approximate surface area is 194 Å². The molecule has 0 N–H and O–H groups in total. The Morgan fingerprint density at radius 2 is 1.59 bits per heavy atom. The average molecular weight is 479 g/mol. The fourth-order valence-electron chi connectivity index (χ4n) is 3.50. The molecule has 14 heteroatoms. The maximum Gasteiger partial charge on any atom is 0.303 e. The Morgan fingerprint density at radius 3 is 2.18 bits per heavy atom. The molecule has 1 aliphatic rings. The summed E-state index contributed by atoms with van der Waals surface area (Å²) in [6.45, 7) is 4.70. The van der Waals surface area contributed by atoms with Crippen LogP contribution in [0.3, 0.4) is 0 Å². The Balaban J connectivity index is 1.98. The molecule has 3 rings (SSSR count). The van der Waals surface area contributed by atoms with Gasteiger partial charge in [-0.25, -0.2) is 9.67 Å². The first-order valence-corrected chi connectivity index (χ1v) is 10.3. The molecule has 1 saturated heterocycles. The van der Waals surface area contributed by atoms with Crippen LogP contribution in [0, 0.1) is 0 Å². The van der Waals surface area contributed by atoms with Crippen LogP contribution < -0.4 is 0 Å². The largest absolute Gasteiger partial charge is 0.463 e. The van der Waals surface area contributed by atoms with Gasteiger partial charge in [-0.05, 0) is 0 Å². The lowest BCUT2D eigenvalue weighted by Gasteiger charge is -2.44. The summed E-state index contributed by atoms with van der Waals surface area (Å²) in [5, 5.41) is 8.17. The van der Waals surface area contributed by atoms with E-state index in [1.54, 1.807) is 29.5 Å². The topological polar surface area (TPSA) is 163 Å². The Morgan fingerprint density at radius 1 is 0.941 bits per heavy atom. The summed E-state index contributed by atoms with van der Waals surface area (Å²) in [5.74, 6) is -2.72. The van der Waals surface area contributed by atoms with Crippen molar-refractivity contribution in [2.75, 3.05) is 6.61 Å². The van der Waals surface area contributed by atoms with E-state index in [0.29, 0.717) is 12.2 Å². The van der Waals surface area contributed by atoms with E-state index in [2.05, 4.69) is 15.3 Å². The maximum atomic E-state index is 11.9. The van der Waals surface area contributed by atoms with Gasteiger partial charge in [-0.1, -0.05) is 5.21 Å². The van der Waals surface area contributed by atoms with Crippen LogP contribution >= 0.6 is 0 Å². The molecule has 0 bridgehead atoms. The van der Waals surface area contributed by atoms with Gasteiger partial charge in [0.25, 0.3) is 0 Å². The van der Waals surface area contributed by atoms with Crippen molar-refractivity contribution in [3.05, 3.63) is 30.6 Å². The third-order valence-corrected chi connectivity index (χ3v) is 4.69. The summed E-state index contributed by atoms with van der Waals surface area (Å²) in [5.41, 5.74) is 0.533. The van der Waals surface area contributed by atoms with Gasteiger partial charge in [0.05, 0.1) is 19.1 Å². The standard InChI is InChI=1S/C20H25N5O9/c1-11(26)30-9-16-17(31-12(2)27)18(32-13(3)28)19(33-14(4)29)20(34-16)25-8-15(22-23-25)7-24-6-5-21-10-24/h5-6,8,10,16-20H,7,9H2,1-4H3/t16-,17-,18+,19-,20-/m1/s1. The summed E-state index contributed by atoms with van der Waals surface area (Å²) in [6.07, 6.45) is 0.509. The molecule has 184 valence electrons. The molecule has 2 aromatic heterocycles. The minimum atomic E-state index is -1.29. The molecule has 0 unspecified atom stereocenters. The van der Waals surface area contributed by atoms with Crippen molar-refractivity contribution in [3.8, 4) is 0 Å². The van der Waals surface area contributed by atoms with Crippen LogP contribution in [0.15, 0.2) is 24.9 Å². The lowest BCUT2D eigenvalue weighted by molar-refractivity contribution is -0.270. The van der Waals surface area contributed by atoms with Crippen LogP contribution in [-0.2, 0) is 49.4 Å². The van der Waals surface area contributed by atoms with Gasteiger partial charge in [-0.2, -0.15) is 0 Å². The molecule has 0 aromatic carbocycles. The van der Waals surface area contributed by atoms with Crippen LogP contribution in [0.25, 0.3) is 0 Å². The van der Waals surface area contributed by atoms with Gasteiger partial charge in [0, 0.05) is 40.1 Å². The zero-order chi connectivity index (χ0) is 24.8. The van der Waals surface area contributed by atoms with Crippen molar-refractivity contribution in [2.45, 2.75) is 64.9 Å². The number of nitrogens with zero attached hydrogens (tertiary/aromatic N) is 5. The highest BCUT2D eigenvalue weighted by atomic mass is 16.7. The maximum absolute atomic E-state index is 11.9. The van der Waals surface area contributed by atoms with E-state index >= 15 is 0 Å². The second kappa shape index (κ2) is 10.9. The molecule has 2 aromatic rings. The summed E-state index contributed by atoms with van der Waals surface area (Å²) in [4.78, 5) is 51.0. The predicted molar refractivity (Wildman–Crippen MR) is 109 cm³/mol. The van der Waals surface area contributed by atoms with Crippen molar-refractivity contribution in [1.29, 1.82) is 0 Å². The molecular formula is C20H25N5O9. The second-order valence-electron chi connectivity index (χ2n) is 7.51. The minimum absolute atomic E-state index is 0.328. The molecule has 0 spiro atoms. The molecule has 0 radical (unpaired) electrons. The van der Waals surface area contributed by atoms with E-state index < -0.39 is 54.5 Å². The van der Waals surface area contributed by atoms with Gasteiger partial charge < -0.3 is 28.3 Å². The molecule has 3 heterocycles. The van der Waals surface area contributed by atoms with Crippen LogP contribution in [0.4, 0.5) is 0 Å². The molecule has 1 aliphatic heterocycles. The van der Waals surface area contributed by atoms with E-state index in [1.807, 2.05) is 0 Å². The third kappa shape index (κ3) is 6.37. The molecule has 0 amide bonds. The normalized spacial score (nSPS) is 24.2. The number of hydrogen-bond acceptors (Lipinski definition) is 12. The van der Waals surface area contributed by atoms with Gasteiger partial charge in [-0.3, -0.25) is 19.2 Å². The van der Waals surface area contributed by atoms with E-state index in [-0.39, 0.29) is 6.61 Å². The zero-order valence-corrected chi connectivity index (χ0v) is 19.0. The minimum Gasteiger partial charge on any atom is -0.463 e. The first-order valence-electron chi connectivity index (χ1n) is 10.3. The molecule has 5 atom stereocenters. The summed E-state index contributed by atoms with van der Waals surface area (Å²) in [6, 6.07) is 0. The van der Waals surface area contributed by atoms with Gasteiger partial charge >= 0.3 is 23.9 Å². The number of imidazole rings is 1. The Hall–Kier alpha value is -3.81. The van der Waals surface area contributed by atoms with Crippen LogP contribution in [0.5, 0.6) is 0 Å². The molecule has 1 fully saturated rings. The number of ether oxygens (including phenoxy) is 5. The molecule has 0 aliphatic carbocycles. The molecular weight excluding hydrogens is 454 g/mol. The fraction of sp³-hybridized carbons (Fsp3) is 0.550. The van der Waals surface area contributed by atoms with E-state index in [9.17, 15) is 19.2 Å². The van der Waals surface area contributed by atoms with Crippen LogP contribution in [-0.4, -0.2) is 79.4 Å². The molecule has 34 heavy (non-hydrogen) atoms. The lowest BCUT2D eigenvalue weighted by atomic mass is 9.97. The van der Waals surface area contributed by atoms with Gasteiger partial charge in [0.1, 0.15) is 18.4 Å². The first kappa shape index (κ1) is 24.8. The Kier molecular flexibility index (Phi) is 7.94. The van der Waals surface area contributed by atoms with E-state index in [4.69, 9.17) is 23.7 Å². The SMILES string of the molecule is CC(=O)OC[C@H]1O[C@@H](n2cc(Cn3ccnc3)nn2)[C@H](OC(C)=O)[C@@H](OC(C)=O)[C@@H]1OC(C)=O. The monoisotopic (exact) mass is 479 g/mol. The predicted octanol–water partition coefficient (Wildman–Crippen LogP) is -0.221. The smallest absolute Gasteiger partial charge is 0.303 e. The molecule has 14 nitrogen and oxygen atoms in total. The summed E-state index contributed by atoms with van der Waals surface area (Å²) >= 11 is 0. The van der Waals surface area contributed by atoms with Crippen molar-refractivity contribution in [1.82, 2.24) is 24.5 Å². The third-order valence-electron chi connectivity index (χ3n) is 4.69. The van der Waals surface area contributed by atoms with Crippen molar-refractivity contribution in [3.63, 3.8) is 0 Å². The van der Waals surface area contributed by atoms with Crippen molar-refractivity contribution in [2.24, 2.45) is 0 Å². The highest BCUT2D eigenvalue weighted by Gasteiger charge is 2.53. The number of carbonyl (C=O) groups excluding carboxylic acids is 4. The average Bonchev–Trinajstić information content (AvgIpc) is 3.41. The number of carbonyl (C=O) groups is 4. The Bertz CT molecular complexity index is 1020. The fourth-order valence-corrected chi connectivity index (χ4v) is 3.50. The first-order chi connectivity index (χ1) is 16.1. The number of esters is 4. The van der Waals surface area contributed by atoms with Crippen LogP contribution in [0.1, 0.15) is 39.6 Å². The lowest BCUT2D eigenvalue weighted by Crippen LogP contribution is -2.60. The van der Waals surface area contributed by atoms with Gasteiger partial charge in [-0.15, -0.1) is 5.10 Å². The van der Waals surface area contributed by atoms with Gasteiger partial charge in [0.15, 0.2) is 24.5 Å². The highest BCUT2D eigenvalue weighted by Crippen LogP contribution is 2.34. The summed E-state index contributed by atoms with van der Waals surface area (Å²) in [7, 11) is 0. The quantitative estimate of drug-likeness (QED) is 0.362. The van der Waals surface area contributed by atoms with Crippen molar-refractivity contribution >= 4 is 23.9 Å².